The van der Waals surface area contributed by atoms with Gasteiger partial charge in [0, 0.05) is 31.4 Å². The Kier molecular flexibility index (Phi) is 7.36. The Morgan fingerprint density at radius 3 is 2.49 bits per heavy atom. The van der Waals surface area contributed by atoms with Crippen molar-refractivity contribution in [3.8, 4) is 11.4 Å². The van der Waals surface area contributed by atoms with Gasteiger partial charge in [-0.25, -0.2) is 23.2 Å². The van der Waals surface area contributed by atoms with Gasteiger partial charge < -0.3 is 14.3 Å². The van der Waals surface area contributed by atoms with Crippen LogP contribution in [0, 0.1) is 24.4 Å². The summed E-state index contributed by atoms with van der Waals surface area (Å²) < 4.78 is 49.9. The first kappa shape index (κ1) is 26.7. The molecule has 1 saturated heterocycles. The lowest BCUT2D eigenvalue weighted by molar-refractivity contribution is -0.152. The third-order valence-corrected chi connectivity index (χ3v) is 7.55. The summed E-state index contributed by atoms with van der Waals surface area (Å²) in [6.07, 6.45) is 12.0. The Morgan fingerprint density at radius 1 is 1.05 bits per heavy atom. The van der Waals surface area contributed by atoms with Gasteiger partial charge in [-0.1, -0.05) is 18.2 Å². The molecule has 1 unspecified atom stereocenters. The molecule has 0 amide bonds. The number of methoxy groups -OCH3 is 1. The second-order valence-corrected chi connectivity index (χ2v) is 10.1. The predicted molar refractivity (Wildman–Crippen MR) is 143 cm³/mol. The van der Waals surface area contributed by atoms with Crippen LogP contribution in [0.2, 0.25) is 0 Å². The summed E-state index contributed by atoms with van der Waals surface area (Å²) in [6.45, 7) is 4.75. The van der Waals surface area contributed by atoms with E-state index in [-0.39, 0.29) is 17.8 Å². The van der Waals surface area contributed by atoms with E-state index in [1.54, 1.807) is 20.4 Å². The molecule has 5 rings (SSSR count). The van der Waals surface area contributed by atoms with Crippen molar-refractivity contribution in [2.45, 2.75) is 45.1 Å². The number of hydrogen-bond acceptors (Lipinski definition) is 5. The number of nitrogens with zero attached hydrogens (tertiary/aromatic N) is 4. The number of hydrazine groups is 1. The van der Waals surface area contributed by atoms with Crippen molar-refractivity contribution in [3.05, 3.63) is 95.0 Å². The third-order valence-electron chi connectivity index (χ3n) is 7.55. The Bertz CT molecular complexity index is 1440. The van der Waals surface area contributed by atoms with Crippen molar-refractivity contribution in [1.82, 2.24) is 19.6 Å². The number of hydrogen-bond donors (Lipinski definition) is 0. The summed E-state index contributed by atoms with van der Waals surface area (Å²) in [5, 5.41) is 3.89. The molecule has 39 heavy (non-hydrogen) atoms. The van der Waals surface area contributed by atoms with Crippen molar-refractivity contribution < 1.29 is 22.7 Å². The molecule has 9 heteroatoms. The van der Waals surface area contributed by atoms with E-state index in [1.165, 1.54) is 0 Å². The molecular formula is C30H31F3N4O2. The first-order chi connectivity index (χ1) is 18.7. The van der Waals surface area contributed by atoms with Gasteiger partial charge in [0.15, 0.2) is 23.2 Å². The van der Waals surface area contributed by atoms with Gasteiger partial charge >= 0.3 is 0 Å². The molecule has 2 aliphatic rings. The number of carbonyl (C=O) groups is 1. The largest absolute Gasteiger partial charge is 0.495 e. The van der Waals surface area contributed by atoms with Crippen LogP contribution in [-0.2, 0) is 10.3 Å². The van der Waals surface area contributed by atoms with Crippen LogP contribution in [0.3, 0.4) is 0 Å². The number of rotatable bonds is 5. The summed E-state index contributed by atoms with van der Waals surface area (Å²) in [6, 6.07) is 7.78. The molecule has 1 fully saturated rings. The minimum absolute atomic E-state index is 0.107. The Hall–Kier alpha value is -3.85. The van der Waals surface area contributed by atoms with E-state index in [0.717, 1.165) is 47.6 Å². The maximum atomic E-state index is 14.3. The van der Waals surface area contributed by atoms with Crippen molar-refractivity contribution in [2.75, 3.05) is 20.2 Å². The lowest BCUT2D eigenvalue weighted by atomic mass is 9.83. The number of allylic oxidation sites excluding steroid dienone is 2. The Labute approximate surface area is 226 Å². The van der Waals surface area contributed by atoms with Gasteiger partial charge in [-0.2, -0.15) is 0 Å². The van der Waals surface area contributed by atoms with Gasteiger partial charge in [0.1, 0.15) is 11.3 Å². The van der Waals surface area contributed by atoms with Crippen molar-refractivity contribution in [3.63, 3.8) is 0 Å². The molecular weight excluding hydrogens is 505 g/mol. The van der Waals surface area contributed by atoms with Crippen LogP contribution in [-0.4, -0.2) is 45.6 Å². The molecule has 3 heterocycles. The molecule has 204 valence electrons. The number of imidazole rings is 1. The van der Waals surface area contributed by atoms with Gasteiger partial charge in [0.05, 0.1) is 24.8 Å². The van der Waals surface area contributed by atoms with Crippen LogP contribution in [0.1, 0.15) is 49.4 Å². The molecule has 0 radical (unpaired) electrons. The van der Waals surface area contributed by atoms with Crippen LogP contribution in [0.5, 0.6) is 5.75 Å². The lowest BCUT2D eigenvalue weighted by Gasteiger charge is -2.51. The first-order valence-electron chi connectivity index (χ1n) is 13.0. The number of halogens is 3. The van der Waals surface area contributed by atoms with Crippen molar-refractivity contribution >= 4 is 11.9 Å². The summed E-state index contributed by atoms with van der Waals surface area (Å²) in [4.78, 5) is 17.8. The smallest absolute Gasteiger partial charge is 0.194 e. The van der Waals surface area contributed by atoms with Crippen molar-refractivity contribution in [1.29, 1.82) is 0 Å². The van der Waals surface area contributed by atoms with Gasteiger partial charge in [-0.15, -0.1) is 0 Å². The zero-order valence-electron chi connectivity index (χ0n) is 22.3. The zero-order valence-corrected chi connectivity index (χ0v) is 22.3. The van der Waals surface area contributed by atoms with Crippen molar-refractivity contribution in [2.24, 2.45) is 0 Å². The van der Waals surface area contributed by atoms with Crippen LogP contribution < -0.4 is 4.74 Å². The summed E-state index contributed by atoms with van der Waals surface area (Å²) in [5.74, 6) is -3.62. The SMILES string of the molecule is COc1cc(C=CC2=CCCC(=O)C(C)(c3cc(F)c(F)c(F)c3)N3CCCCN23)ccc1-n1cnc(C)c1. The maximum absolute atomic E-state index is 14.3. The van der Waals surface area contributed by atoms with E-state index in [2.05, 4.69) is 4.98 Å². The fraction of sp³-hybridized carbons (Fsp3) is 0.333. The Morgan fingerprint density at radius 2 is 1.79 bits per heavy atom. The number of aromatic nitrogens is 2. The summed E-state index contributed by atoms with van der Waals surface area (Å²) in [7, 11) is 1.62. The maximum Gasteiger partial charge on any atom is 0.194 e. The average Bonchev–Trinajstić information content (AvgIpc) is 3.37. The second-order valence-electron chi connectivity index (χ2n) is 10.1. The molecule has 1 aromatic heterocycles. The lowest BCUT2D eigenvalue weighted by Crippen LogP contribution is -2.60. The highest BCUT2D eigenvalue weighted by atomic mass is 19.2. The fourth-order valence-electron chi connectivity index (χ4n) is 5.39. The molecule has 0 aliphatic carbocycles. The number of Topliss-reactive ketones (excluding diaryl/α,β-unsaturated/α-hetero) is 1. The van der Waals surface area contributed by atoms with Gasteiger partial charge in [0.2, 0.25) is 0 Å². The minimum atomic E-state index is -1.54. The molecule has 0 saturated carbocycles. The number of ether oxygens (including phenoxy) is 1. The van der Waals surface area contributed by atoms with Crippen LogP contribution >= 0.6 is 0 Å². The molecule has 2 aliphatic heterocycles. The number of fused-ring (bicyclic) bond motifs is 1. The molecule has 0 bridgehead atoms. The van der Waals surface area contributed by atoms with Gasteiger partial charge in [0.25, 0.3) is 0 Å². The molecule has 3 aromatic rings. The zero-order chi connectivity index (χ0) is 27.7. The molecule has 0 spiro atoms. The third kappa shape index (κ3) is 4.98. The highest BCUT2D eigenvalue weighted by Crippen LogP contribution is 2.39. The van der Waals surface area contributed by atoms with E-state index >= 15 is 0 Å². The van der Waals surface area contributed by atoms with Crippen LogP contribution in [0.25, 0.3) is 11.8 Å². The van der Waals surface area contributed by atoms with Gasteiger partial charge in [-0.3, -0.25) is 4.79 Å². The van der Waals surface area contributed by atoms with Gasteiger partial charge in [-0.05, 0) is 74.6 Å². The van der Waals surface area contributed by atoms with E-state index < -0.39 is 23.0 Å². The van der Waals surface area contributed by atoms with E-state index in [0.29, 0.717) is 25.3 Å². The first-order valence-corrected chi connectivity index (χ1v) is 13.0. The minimum Gasteiger partial charge on any atom is -0.495 e. The molecule has 6 nitrogen and oxygen atoms in total. The Balaban J connectivity index is 1.49. The standard InChI is InChI=1S/C30H31F3N4O2/c1-20-18-35(19-34-20)26-12-10-21(15-27(26)39-3)9-11-23-7-6-8-28(38)30(2,37-14-5-4-13-36(23)37)22-16-24(31)29(33)25(32)17-22/h7,9-12,15-19H,4-6,8,13-14H2,1-3H3. The number of carbonyl (C=O) groups excluding carboxylic acids is 1. The average molecular weight is 537 g/mol. The molecule has 1 atom stereocenters. The highest BCUT2D eigenvalue weighted by molar-refractivity contribution is 5.89. The van der Waals surface area contributed by atoms with E-state index in [9.17, 15) is 18.0 Å². The highest BCUT2D eigenvalue weighted by Gasteiger charge is 2.46. The van der Waals surface area contributed by atoms with Crippen LogP contribution in [0.4, 0.5) is 13.2 Å². The number of aryl methyl sites for hydroxylation is 1. The monoisotopic (exact) mass is 536 g/mol. The summed E-state index contributed by atoms with van der Waals surface area (Å²) >= 11 is 0. The molecule has 2 aromatic carbocycles. The normalized spacial score (nSPS) is 20.5. The van der Waals surface area contributed by atoms with E-state index in [1.807, 2.05) is 64.1 Å². The topological polar surface area (TPSA) is 50.6 Å². The van der Waals surface area contributed by atoms with E-state index in [4.69, 9.17) is 4.74 Å². The fourth-order valence-corrected chi connectivity index (χ4v) is 5.39. The summed E-state index contributed by atoms with van der Waals surface area (Å²) in [5.41, 5.74) is 2.33. The molecule has 0 N–H and O–H groups in total. The number of benzene rings is 2. The van der Waals surface area contributed by atoms with Crippen LogP contribution in [0.15, 0.2) is 60.7 Å². The predicted octanol–water partition coefficient (Wildman–Crippen LogP) is 6.09. The number of ketones is 1. The quantitative estimate of drug-likeness (QED) is 0.369. The second kappa shape index (κ2) is 10.7.